The Morgan fingerprint density at radius 2 is 1.85 bits per heavy atom. The fourth-order valence-electron chi connectivity index (χ4n) is 5.63. The van der Waals surface area contributed by atoms with Crippen LogP contribution in [0.15, 0.2) is 59.7 Å². The van der Waals surface area contributed by atoms with Gasteiger partial charge in [-0.1, -0.05) is 31.2 Å². The largest absolute Gasteiger partial charge is 0.451 e. The molecule has 0 unspecified atom stereocenters. The van der Waals surface area contributed by atoms with E-state index in [-0.39, 0.29) is 22.4 Å². The normalized spacial score (nSPS) is 14.5. The topological polar surface area (TPSA) is 78.6 Å². The first kappa shape index (κ1) is 23.6. The van der Waals surface area contributed by atoms with Gasteiger partial charge in [-0.15, -0.1) is 0 Å². The molecule has 3 aromatic carbocycles. The summed E-state index contributed by atoms with van der Waals surface area (Å²) < 4.78 is 31.5. The van der Waals surface area contributed by atoms with E-state index >= 15 is 4.39 Å². The highest BCUT2D eigenvalue weighted by atomic mass is 19.1. The number of rotatable bonds is 3. The van der Waals surface area contributed by atoms with Gasteiger partial charge in [0, 0.05) is 37.6 Å². The number of benzene rings is 3. The Morgan fingerprint density at radius 3 is 2.59 bits per heavy atom. The summed E-state index contributed by atoms with van der Waals surface area (Å²) in [4.78, 5) is 33.4. The van der Waals surface area contributed by atoms with E-state index < -0.39 is 17.2 Å². The molecule has 9 heteroatoms. The molecule has 0 saturated carbocycles. The van der Waals surface area contributed by atoms with E-state index in [1.54, 1.807) is 26.4 Å². The van der Waals surface area contributed by atoms with Crippen LogP contribution in [0.2, 0.25) is 0 Å². The van der Waals surface area contributed by atoms with Gasteiger partial charge in [0.1, 0.15) is 22.6 Å². The minimum absolute atomic E-state index is 0.0171. The molecule has 0 atom stereocenters. The van der Waals surface area contributed by atoms with Crippen LogP contribution in [0.25, 0.3) is 33.1 Å². The van der Waals surface area contributed by atoms with Gasteiger partial charge in [0.2, 0.25) is 5.43 Å². The molecule has 0 spiro atoms. The molecule has 8 nitrogen and oxygen atoms in total. The number of morpholine rings is 1. The molecule has 7 rings (SSSR count). The fraction of sp³-hybridized carbons (Fsp3) is 0.233. The molecule has 1 amide bonds. The number of ether oxygens (including phenoxy) is 2. The SMILES string of the molecule is CCc1ncc(C)n1-c1c(F)cc2c(=O)c(C(=O)N3CCOCC3)cn3c2c1Oc1cc2ccccc2cc1-3. The molecule has 0 aliphatic carbocycles. The fourth-order valence-corrected chi connectivity index (χ4v) is 5.63. The Balaban J connectivity index is 1.58. The number of halogens is 1. The first-order chi connectivity index (χ1) is 19.0. The maximum absolute atomic E-state index is 16.1. The van der Waals surface area contributed by atoms with Gasteiger partial charge in [0.25, 0.3) is 5.91 Å². The van der Waals surface area contributed by atoms with Crippen molar-refractivity contribution in [1.82, 2.24) is 19.0 Å². The lowest BCUT2D eigenvalue weighted by molar-refractivity contribution is 0.0302. The molecule has 0 bridgehead atoms. The van der Waals surface area contributed by atoms with Crippen molar-refractivity contribution < 1.29 is 18.7 Å². The molecular formula is C30H25FN4O4. The second kappa shape index (κ2) is 8.78. The molecule has 4 heterocycles. The average molecular weight is 525 g/mol. The lowest BCUT2D eigenvalue weighted by atomic mass is 10.0. The van der Waals surface area contributed by atoms with Gasteiger partial charge in [-0.3, -0.25) is 14.2 Å². The second-order valence-electron chi connectivity index (χ2n) is 9.85. The summed E-state index contributed by atoms with van der Waals surface area (Å²) in [6.45, 7) is 5.39. The molecule has 0 N–H and O–H groups in total. The Kier molecular flexibility index (Phi) is 5.31. The van der Waals surface area contributed by atoms with Crippen LogP contribution < -0.4 is 10.2 Å². The van der Waals surface area contributed by atoms with E-state index in [2.05, 4.69) is 4.98 Å². The molecular weight excluding hydrogens is 499 g/mol. The summed E-state index contributed by atoms with van der Waals surface area (Å²) in [5, 5.41) is 2.00. The first-order valence-electron chi connectivity index (χ1n) is 13.0. The lowest BCUT2D eigenvalue weighted by Crippen LogP contribution is -2.42. The van der Waals surface area contributed by atoms with Gasteiger partial charge in [-0.05, 0) is 35.9 Å². The summed E-state index contributed by atoms with van der Waals surface area (Å²) in [6, 6.07) is 12.9. The van der Waals surface area contributed by atoms with E-state index in [0.29, 0.717) is 55.5 Å². The van der Waals surface area contributed by atoms with Crippen molar-refractivity contribution in [3.8, 4) is 22.9 Å². The van der Waals surface area contributed by atoms with Crippen LogP contribution in [-0.2, 0) is 11.2 Å². The zero-order valence-electron chi connectivity index (χ0n) is 21.5. The van der Waals surface area contributed by atoms with E-state index in [4.69, 9.17) is 9.47 Å². The Bertz CT molecular complexity index is 1880. The average Bonchev–Trinajstić information content (AvgIpc) is 3.33. The molecule has 1 fully saturated rings. The first-order valence-corrected chi connectivity index (χ1v) is 13.0. The van der Waals surface area contributed by atoms with Crippen LogP contribution in [0.1, 0.15) is 28.8 Å². The third kappa shape index (κ3) is 3.50. The maximum atomic E-state index is 16.1. The van der Waals surface area contributed by atoms with Crippen molar-refractivity contribution in [2.75, 3.05) is 26.3 Å². The highest BCUT2D eigenvalue weighted by Crippen LogP contribution is 2.46. The Morgan fingerprint density at radius 1 is 1.10 bits per heavy atom. The third-order valence-corrected chi connectivity index (χ3v) is 7.55. The molecule has 2 aromatic heterocycles. The maximum Gasteiger partial charge on any atom is 0.259 e. The summed E-state index contributed by atoms with van der Waals surface area (Å²) in [5.74, 6) is 0.359. The van der Waals surface area contributed by atoms with Crippen LogP contribution in [-0.4, -0.2) is 51.2 Å². The van der Waals surface area contributed by atoms with Gasteiger partial charge in [-0.2, -0.15) is 0 Å². The predicted octanol–water partition coefficient (Wildman–Crippen LogP) is 4.92. The number of imidazole rings is 1. The van der Waals surface area contributed by atoms with Crippen LogP contribution in [0, 0.1) is 12.7 Å². The smallest absolute Gasteiger partial charge is 0.259 e. The highest BCUT2D eigenvalue weighted by molar-refractivity contribution is 6.01. The van der Waals surface area contributed by atoms with Crippen LogP contribution >= 0.6 is 0 Å². The highest BCUT2D eigenvalue weighted by Gasteiger charge is 2.31. The van der Waals surface area contributed by atoms with Gasteiger partial charge >= 0.3 is 0 Å². The number of hydrogen-bond acceptors (Lipinski definition) is 5. The summed E-state index contributed by atoms with van der Waals surface area (Å²) >= 11 is 0. The number of nitrogens with zero attached hydrogens (tertiary/aromatic N) is 4. The van der Waals surface area contributed by atoms with Crippen LogP contribution in [0.5, 0.6) is 11.5 Å². The van der Waals surface area contributed by atoms with Gasteiger partial charge in [0.15, 0.2) is 17.3 Å². The lowest BCUT2D eigenvalue weighted by Gasteiger charge is -2.29. The number of aryl methyl sites for hydroxylation is 2. The number of hydrogen-bond donors (Lipinski definition) is 0. The number of amides is 1. The van der Waals surface area contributed by atoms with E-state index in [1.165, 1.54) is 6.07 Å². The number of fused-ring (bicyclic) bond motifs is 3. The molecule has 0 radical (unpaired) electrons. The molecule has 2 aliphatic heterocycles. The van der Waals surface area contributed by atoms with Gasteiger partial charge in [0.05, 0.1) is 24.3 Å². The molecule has 39 heavy (non-hydrogen) atoms. The predicted molar refractivity (Wildman–Crippen MR) is 145 cm³/mol. The zero-order valence-corrected chi connectivity index (χ0v) is 21.5. The standard InChI is InChI=1S/C30H25FN4O4/c1-3-25-32-15-17(2)35(25)27-22(31)14-20-26-29(27)39-24-13-19-7-5-4-6-18(19)12-23(24)34(26)16-21(28(20)36)30(37)33-8-10-38-11-9-33/h4-7,12-16H,3,8-11H2,1-2H3. The van der Waals surface area contributed by atoms with E-state index in [9.17, 15) is 9.59 Å². The molecule has 5 aromatic rings. The number of aromatic nitrogens is 3. The van der Waals surface area contributed by atoms with Crippen molar-refractivity contribution in [1.29, 1.82) is 0 Å². The van der Waals surface area contributed by atoms with Crippen molar-refractivity contribution in [3.63, 3.8) is 0 Å². The second-order valence-corrected chi connectivity index (χ2v) is 9.85. The van der Waals surface area contributed by atoms with Gasteiger partial charge < -0.3 is 18.9 Å². The van der Waals surface area contributed by atoms with Gasteiger partial charge in [-0.25, -0.2) is 9.37 Å². The quantitative estimate of drug-likeness (QED) is 0.329. The number of carbonyl (C=O) groups is 1. The summed E-state index contributed by atoms with van der Waals surface area (Å²) in [5.41, 5.74) is 1.45. The summed E-state index contributed by atoms with van der Waals surface area (Å²) in [7, 11) is 0. The summed E-state index contributed by atoms with van der Waals surface area (Å²) in [6.07, 6.45) is 3.84. The van der Waals surface area contributed by atoms with E-state index in [0.717, 1.165) is 16.5 Å². The molecule has 196 valence electrons. The minimum atomic E-state index is -0.628. The zero-order chi connectivity index (χ0) is 26.8. The molecule has 1 saturated heterocycles. The van der Waals surface area contributed by atoms with Crippen LogP contribution in [0.4, 0.5) is 4.39 Å². The number of pyridine rings is 1. The Hall–Kier alpha value is -4.50. The van der Waals surface area contributed by atoms with E-state index in [1.807, 2.05) is 50.2 Å². The van der Waals surface area contributed by atoms with Crippen molar-refractivity contribution >= 4 is 27.6 Å². The van der Waals surface area contributed by atoms with Crippen LogP contribution in [0.3, 0.4) is 0 Å². The molecule has 2 aliphatic rings. The third-order valence-electron chi connectivity index (χ3n) is 7.55. The monoisotopic (exact) mass is 524 g/mol. The van der Waals surface area contributed by atoms with Crippen molar-refractivity contribution in [2.45, 2.75) is 20.3 Å². The minimum Gasteiger partial charge on any atom is -0.451 e. The van der Waals surface area contributed by atoms with Crippen molar-refractivity contribution in [2.24, 2.45) is 0 Å². The van der Waals surface area contributed by atoms with Crippen molar-refractivity contribution in [3.05, 3.63) is 88.0 Å². The Labute approximate surface area is 222 Å². The number of carbonyl (C=O) groups excluding carboxylic acids is 1.